The van der Waals surface area contributed by atoms with Crippen LogP contribution in [0, 0.1) is 0 Å². The number of hydrogen-bond acceptors (Lipinski definition) is 8. The molecule has 0 aliphatic carbocycles. The summed E-state index contributed by atoms with van der Waals surface area (Å²) in [5, 5.41) is 4.25. The molecule has 1 N–H and O–H groups in total. The Morgan fingerprint density at radius 3 is 2.54 bits per heavy atom. The summed E-state index contributed by atoms with van der Waals surface area (Å²) >= 11 is 5.87. The van der Waals surface area contributed by atoms with E-state index in [0.717, 1.165) is 7.11 Å². The Kier molecular flexibility index (Phi) is 6.30. The number of carbonyl (C=O) groups is 3. The Balaban J connectivity index is 2.38. The lowest BCUT2D eigenvalue weighted by Gasteiger charge is -2.29. The molecule has 1 aliphatic rings. The van der Waals surface area contributed by atoms with Gasteiger partial charge in [0.05, 0.1) is 18.7 Å². The maximum atomic E-state index is 12.6. The van der Waals surface area contributed by atoms with E-state index in [2.05, 4.69) is 9.84 Å². The second-order valence-electron chi connectivity index (χ2n) is 5.86. The van der Waals surface area contributed by atoms with E-state index < -0.39 is 33.5 Å². The number of amides is 2. The molecule has 1 heterocycles. The molecule has 0 aromatic heterocycles. The Labute approximate surface area is 166 Å². The topological polar surface area (TPSA) is 131 Å². The van der Waals surface area contributed by atoms with Crippen LogP contribution in [0.1, 0.15) is 20.3 Å². The highest BCUT2D eigenvalue weighted by atomic mass is 35.5. The summed E-state index contributed by atoms with van der Waals surface area (Å²) in [4.78, 5) is 36.5. The number of nitrogens with zero attached hydrogens (tertiary/aromatic N) is 2. The summed E-state index contributed by atoms with van der Waals surface area (Å²) in [5.41, 5.74) is -1.96. The molecule has 152 valence electrons. The minimum absolute atomic E-state index is 0.0554. The highest BCUT2D eigenvalue weighted by Gasteiger charge is 2.51. The largest absolute Gasteiger partial charge is 0.467 e. The summed E-state index contributed by atoms with van der Waals surface area (Å²) in [6.45, 7) is 2.92. The molecule has 2 rings (SSSR count). The highest BCUT2D eigenvalue weighted by molar-refractivity contribution is 7.90. The maximum absolute atomic E-state index is 12.6. The van der Waals surface area contributed by atoms with Gasteiger partial charge >= 0.3 is 18.0 Å². The molecule has 1 aliphatic heterocycles. The monoisotopic (exact) mass is 431 g/mol. The van der Waals surface area contributed by atoms with Gasteiger partial charge in [0.2, 0.25) is 0 Å². The van der Waals surface area contributed by atoms with E-state index in [-0.39, 0.29) is 28.7 Å². The van der Waals surface area contributed by atoms with Gasteiger partial charge in [0, 0.05) is 6.42 Å². The van der Waals surface area contributed by atoms with Crippen molar-refractivity contribution in [3.8, 4) is 0 Å². The number of carbonyl (C=O) groups excluding carboxylic acids is 3. The van der Waals surface area contributed by atoms with E-state index in [1.807, 2.05) is 0 Å². The molecule has 1 aromatic rings. The highest BCUT2D eigenvalue weighted by Crippen LogP contribution is 2.30. The van der Waals surface area contributed by atoms with Gasteiger partial charge in [0.25, 0.3) is 10.0 Å². The first-order valence-electron chi connectivity index (χ1n) is 8.01. The second kappa shape index (κ2) is 8.15. The van der Waals surface area contributed by atoms with E-state index in [4.69, 9.17) is 16.3 Å². The van der Waals surface area contributed by atoms with Crippen molar-refractivity contribution < 1.29 is 32.3 Å². The van der Waals surface area contributed by atoms with E-state index in [0.29, 0.717) is 5.01 Å². The Hall–Kier alpha value is -2.66. The molecular weight excluding hydrogens is 414 g/mol. The fraction of sp³-hybridized carbons (Fsp3) is 0.375. The molecule has 28 heavy (non-hydrogen) atoms. The van der Waals surface area contributed by atoms with Gasteiger partial charge in [0.15, 0.2) is 5.54 Å². The van der Waals surface area contributed by atoms with Crippen molar-refractivity contribution in [1.29, 1.82) is 0 Å². The standard InChI is InChI=1S/C16H18ClN3O7S/c1-4-27-13(21)11-9-16(2,14(22)26-3)20(18-11)15(23)19-28(24,25)12-8-6-5-7-10(12)17/h5-8H,4,9H2,1-3H3,(H,19,23). The SMILES string of the molecule is CCOC(=O)C1=NN(C(=O)NS(=O)(=O)c2ccccc2Cl)C(C)(C(=O)OC)C1. The van der Waals surface area contributed by atoms with Crippen LogP contribution in [0.15, 0.2) is 34.3 Å². The van der Waals surface area contributed by atoms with E-state index in [1.165, 1.54) is 31.2 Å². The van der Waals surface area contributed by atoms with E-state index in [9.17, 15) is 22.8 Å². The van der Waals surface area contributed by atoms with Crippen molar-refractivity contribution in [2.45, 2.75) is 30.7 Å². The van der Waals surface area contributed by atoms with Crippen LogP contribution in [0.5, 0.6) is 0 Å². The molecule has 0 saturated heterocycles. The number of urea groups is 1. The number of ether oxygens (including phenoxy) is 2. The van der Waals surface area contributed by atoms with Gasteiger partial charge in [-0.3, -0.25) is 0 Å². The zero-order chi connectivity index (χ0) is 21.1. The van der Waals surface area contributed by atoms with Gasteiger partial charge in [-0.05, 0) is 26.0 Å². The van der Waals surface area contributed by atoms with Crippen LogP contribution in [-0.4, -0.2) is 56.4 Å². The third-order valence-electron chi connectivity index (χ3n) is 3.88. The van der Waals surface area contributed by atoms with Crippen LogP contribution >= 0.6 is 11.6 Å². The average molecular weight is 432 g/mol. The first kappa shape index (κ1) is 21.6. The predicted octanol–water partition coefficient (Wildman–Crippen LogP) is 1.29. The first-order chi connectivity index (χ1) is 13.1. The van der Waals surface area contributed by atoms with Gasteiger partial charge in [-0.25, -0.2) is 27.5 Å². The molecule has 1 aromatic carbocycles. The first-order valence-corrected chi connectivity index (χ1v) is 9.87. The van der Waals surface area contributed by atoms with Gasteiger partial charge < -0.3 is 9.47 Å². The van der Waals surface area contributed by atoms with Crippen molar-refractivity contribution in [2.75, 3.05) is 13.7 Å². The zero-order valence-electron chi connectivity index (χ0n) is 15.3. The number of sulfonamides is 1. The second-order valence-corrected chi connectivity index (χ2v) is 7.92. The molecule has 0 bridgehead atoms. The minimum atomic E-state index is -4.37. The zero-order valence-corrected chi connectivity index (χ0v) is 16.8. The molecular formula is C16H18ClN3O7S. The smallest absolute Gasteiger partial charge is 0.354 e. The number of benzene rings is 1. The van der Waals surface area contributed by atoms with Crippen LogP contribution in [0.3, 0.4) is 0 Å². The van der Waals surface area contributed by atoms with Gasteiger partial charge in [-0.2, -0.15) is 10.1 Å². The van der Waals surface area contributed by atoms with Crippen molar-refractivity contribution in [3.05, 3.63) is 29.3 Å². The van der Waals surface area contributed by atoms with Crippen molar-refractivity contribution in [3.63, 3.8) is 0 Å². The lowest BCUT2D eigenvalue weighted by Crippen LogP contribution is -2.54. The van der Waals surface area contributed by atoms with Gasteiger partial charge in [-0.1, -0.05) is 23.7 Å². The fourth-order valence-corrected chi connectivity index (χ4v) is 3.97. The van der Waals surface area contributed by atoms with Crippen LogP contribution in [-0.2, 0) is 29.1 Å². The Bertz CT molecular complexity index is 947. The summed E-state index contributed by atoms with van der Waals surface area (Å²) in [6.07, 6.45) is -0.307. The molecule has 0 radical (unpaired) electrons. The summed E-state index contributed by atoms with van der Waals surface area (Å²) in [6, 6.07) is 4.23. The average Bonchev–Trinajstić information content (AvgIpc) is 3.00. The van der Waals surface area contributed by atoms with Crippen molar-refractivity contribution >= 4 is 45.3 Å². The van der Waals surface area contributed by atoms with Crippen LogP contribution in [0.2, 0.25) is 5.02 Å². The molecule has 1 unspecified atom stereocenters. The third-order valence-corrected chi connectivity index (χ3v) is 5.70. The van der Waals surface area contributed by atoms with Gasteiger partial charge in [0.1, 0.15) is 10.6 Å². The molecule has 0 spiro atoms. The molecule has 12 heteroatoms. The molecule has 2 amide bonds. The predicted molar refractivity (Wildman–Crippen MR) is 98.1 cm³/mol. The summed E-state index contributed by atoms with van der Waals surface area (Å²) in [7, 11) is -3.28. The third kappa shape index (κ3) is 4.09. The quantitative estimate of drug-likeness (QED) is 0.695. The molecule has 0 fully saturated rings. The van der Waals surface area contributed by atoms with Crippen LogP contribution in [0.4, 0.5) is 4.79 Å². The number of rotatable bonds is 5. The fourth-order valence-electron chi connectivity index (χ4n) is 2.52. The van der Waals surface area contributed by atoms with E-state index in [1.54, 1.807) is 11.6 Å². The van der Waals surface area contributed by atoms with Crippen LogP contribution < -0.4 is 4.72 Å². The summed E-state index contributed by atoms with van der Waals surface area (Å²) < 4.78 is 36.3. The molecule has 0 saturated carbocycles. The number of hydrogen-bond donors (Lipinski definition) is 1. The van der Waals surface area contributed by atoms with Gasteiger partial charge in [-0.15, -0.1) is 0 Å². The number of hydrazone groups is 1. The maximum Gasteiger partial charge on any atom is 0.354 e. The number of halogens is 1. The number of nitrogens with one attached hydrogen (secondary N) is 1. The molecule has 1 atom stereocenters. The van der Waals surface area contributed by atoms with Crippen LogP contribution in [0.25, 0.3) is 0 Å². The Morgan fingerprint density at radius 1 is 1.32 bits per heavy atom. The minimum Gasteiger partial charge on any atom is -0.467 e. The lowest BCUT2D eigenvalue weighted by atomic mass is 9.96. The number of esters is 2. The van der Waals surface area contributed by atoms with E-state index >= 15 is 0 Å². The normalized spacial score (nSPS) is 19.0. The number of methoxy groups -OCH3 is 1. The van der Waals surface area contributed by atoms with Crippen molar-refractivity contribution in [1.82, 2.24) is 9.73 Å². The molecule has 10 nitrogen and oxygen atoms in total. The summed E-state index contributed by atoms with van der Waals surface area (Å²) in [5.74, 6) is -1.72. The van der Waals surface area contributed by atoms with Crippen molar-refractivity contribution in [2.24, 2.45) is 5.10 Å². The lowest BCUT2D eigenvalue weighted by molar-refractivity contribution is -0.151. The Morgan fingerprint density at radius 2 is 1.96 bits per heavy atom.